The van der Waals surface area contributed by atoms with E-state index in [2.05, 4.69) is 21.2 Å². The van der Waals surface area contributed by atoms with Crippen LogP contribution in [-0.4, -0.2) is 33.0 Å². The van der Waals surface area contributed by atoms with Crippen molar-refractivity contribution >= 4 is 5.91 Å². The fraction of sp³-hybridized carbons (Fsp3) is 0.263. The van der Waals surface area contributed by atoms with Crippen LogP contribution < -0.4 is 0 Å². The van der Waals surface area contributed by atoms with E-state index in [1.807, 2.05) is 30.3 Å². The Kier molecular flexibility index (Phi) is 4.01. The molecule has 0 bridgehead atoms. The average Bonchev–Trinajstić information content (AvgIpc) is 3.29. The second-order valence-electron chi connectivity index (χ2n) is 6.23. The van der Waals surface area contributed by atoms with Gasteiger partial charge in [-0.1, -0.05) is 29.4 Å². The van der Waals surface area contributed by atoms with Gasteiger partial charge in [-0.2, -0.15) is 4.98 Å². The van der Waals surface area contributed by atoms with Crippen molar-refractivity contribution in [3.63, 3.8) is 0 Å². The van der Waals surface area contributed by atoms with Crippen molar-refractivity contribution in [2.75, 3.05) is 7.05 Å². The molecule has 6 heteroatoms. The number of likely N-dealkylation sites (N-methyl/N-ethyl adjacent to an activating group) is 1. The highest BCUT2D eigenvalue weighted by molar-refractivity contribution is 5.84. The largest absolute Gasteiger partial charge is 0.337 e. The summed E-state index contributed by atoms with van der Waals surface area (Å²) in [5.74, 6) is 0.941. The molecule has 0 saturated carbocycles. The van der Waals surface area contributed by atoms with Crippen LogP contribution in [0.1, 0.15) is 29.4 Å². The number of carbonyl (C=O) groups is 1. The molecule has 1 aromatic carbocycles. The van der Waals surface area contributed by atoms with Crippen LogP contribution in [0.4, 0.5) is 0 Å². The first-order valence-corrected chi connectivity index (χ1v) is 8.28. The quantitative estimate of drug-likeness (QED) is 0.733. The Morgan fingerprint density at radius 1 is 1.24 bits per heavy atom. The number of hydrogen-bond donors (Lipinski definition) is 0. The minimum absolute atomic E-state index is 0.0798. The fourth-order valence-electron chi connectivity index (χ4n) is 3.30. The van der Waals surface area contributed by atoms with Gasteiger partial charge < -0.3 is 9.42 Å². The number of rotatable bonds is 4. The molecule has 0 unspecified atom stereocenters. The van der Waals surface area contributed by atoms with Crippen LogP contribution in [0.3, 0.4) is 0 Å². The van der Waals surface area contributed by atoms with Crippen LogP contribution in [0.15, 0.2) is 53.3 Å². The van der Waals surface area contributed by atoms with E-state index < -0.39 is 0 Å². The Labute approximate surface area is 145 Å². The predicted octanol–water partition coefficient (Wildman–Crippen LogP) is 2.82. The SMILES string of the molecule is CN(Cc1nc(-c2ccncc2)no1)C(=O)[C@H]1CCc2ccccc21. The first-order chi connectivity index (χ1) is 12.2. The number of hydrogen-bond acceptors (Lipinski definition) is 5. The van der Waals surface area contributed by atoms with E-state index >= 15 is 0 Å². The van der Waals surface area contributed by atoms with E-state index in [4.69, 9.17) is 4.52 Å². The Hall–Kier alpha value is -3.02. The summed E-state index contributed by atoms with van der Waals surface area (Å²) >= 11 is 0. The normalized spacial score (nSPS) is 15.8. The van der Waals surface area contributed by atoms with Gasteiger partial charge in [0.15, 0.2) is 0 Å². The van der Waals surface area contributed by atoms with Crippen molar-refractivity contribution in [2.24, 2.45) is 0 Å². The van der Waals surface area contributed by atoms with Crippen LogP contribution in [0.2, 0.25) is 0 Å². The highest BCUT2D eigenvalue weighted by Crippen LogP contribution is 2.34. The number of nitrogens with zero attached hydrogens (tertiary/aromatic N) is 4. The molecule has 6 nitrogen and oxygen atoms in total. The Morgan fingerprint density at radius 3 is 2.88 bits per heavy atom. The third kappa shape index (κ3) is 3.03. The lowest BCUT2D eigenvalue weighted by Crippen LogP contribution is -2.30. The van der Waals surface area contributed by atoms with Crippen LogP contribution in [0.25, 0.3) is 11.4 Å². The van der Waals surface area contributed by atoms with E-state index in [0.29, 0.717) is 18.3 Å². The van der Waals surface area contributed by atoms with Crippen molar-refractivity contribution in [2.45, 2.75) is 25.3 Å². The maximum absolute atomic E-state index is 12.8. The van der Waals surface area contributed by atoms with E-state index in [1.54, 1.807) is 24.3 Å². The third-order valence-electron chi connectivity index (χ3n) is 4.59. The molecular formula is C19H18N4O2. The van der Waals surface area contributed by atoms with E-state index in [0.717, 1.165) is 24.0 Å². The first kappa shape index (κ1) is 15.5. The lowest BCUT2D eigenvalue weighted by Gasteiger charge is -2.20. The molecule has 0 aliphatic heterocycles. The molecule has 25 heavy (non-hydrogen) atoms. The number of amides is 1. The second-order valence-corrected chi connectivity index (χ2v) is 6.23. The summed E-state index contributed by atoms with van der Waals surface area (Å²) in [5.41, 5.74) is 3.25. The maximum Gasteiger partial charge on any atom is 0.246 e. The number of benzene rings is 1. The summed E-state index contributed by atoms with van der Waals surface area (Å²) in [7, 11) is 1.78. The number of pyridine rings is 1. The molecule has 4 rings (SSSR count). The molecule has 0 spiro atoms. The van der Waals surface area contributed by atoms with Gasteiger partial charge in [0.2, 0.25) is 17.6 Å². The van der Waals surface area contributed by atoms with E-state index in [1.165, 1.54) is 5.56 Å². The second kappa shape index (κ2) is 6.47. The summed E-state index contributed by atoms with van der Waals surface area (Å²) in [5, 5.41) is 3.98. The molecule has 0 fully saturated rings. The standard InChI is InChI=1S/C19H18N4O2/c1-23(19(24)16-7-6-13-4-2-3-5-15(13)16)12-17-21-18(22-25-17)14-8-10-20-11-9-14/h2-5,8-11,16H,6-7,12H2,1H3/t16-/m0/s1. The van der Waals surface area contributed by atoms with E-state index in [9.17, 15) is 4.79 Å². The number of aryl methyl sites for hydroxylation is 1. The first-order valence-electron chi connectivity index (χ1n) is 8.28. The monoisotopic (exact) mass is 334 g/mol. The van der Waals surface area contributed by atoms with Crippen molar-refractivity contribution < 1.29 is 9.32 Å². The summed E-state index contributed by atoms with van der Waals surface area (Å²) in [4.78, 5) is 22.8. The van der Waals surface area contributed by atoms with Gasteiger partial charge >= 0.3 is 0 Å². The lowest BCUT2D eigenvalue weighted by molar-refractivity contribution is -0.132. The Bertz CT molecular complexity index is 891. The minimum atomic E-state index is -0.0798. The molecule has 126 valence electrons. The molecule has 0 saturated heterocycles. The Balaban J connectivity index is 1.47. The summed E-state index contributed by atoms with van der Waals surface area (Å²) in [6, 6.07) is 11.8. The average molecular weight is 334 g/mol. The van der Waals surface area contributed by atoms with Gasteiger partial charge in [0.05, 0.1) is 12.5 Å². The summed E-state index contributed by atoms with van der Waals surface area (Å²) < 4.78 is 5.30. The molecule has 1 atom stereocenters. The van der Waals surface area contributed by atoms with Crippen molar-refractivity contribution in [3.8, 4) is 11.4 Å². The van der Waals surface area contributed by atoms with Crippen molar-refractivity contribution in [1.29, 1.82) is 0 Å². The van der Waals surface area contributed by atoms with Crippen LogP contribution in [0, 0.1) is 0 Å². The third-order valence-corrected chi connectivity index (χ3v) is 4.59. The lowest BCUT2D eigenvalue weighted by atomic mass is 10.00. The Morgan fingerprint density at radius 2 is 2.04 bits per heavy atom. The molecule has 2 heterocycles. The summed E-state index contributed by atoms with van der Waals surface area (Å²) in [6.45, 7) is 0.301. The summed E-state index contributed by atoms with van der Waals surface area (Å²) in [6.07, 6.45) is 5.17. The fourth-order valence-corrected chi connectivity index (χ4v) is 3.30. The molecule has 2 aromatic heterocycles. The van der Waals surface area contributed by atoms with Crippen LogP contribution in [0.5, 0.6) is 0 Å². The maximum atomic E-state index is 12.8. The molecule has 1 aliphatic carbocycles. The molecule has 1 amide bonds. The zero-order valence-corrected chi connectivity index (χ0v) is 13.9. The molecule has 0 N–H and O–H groups in total. The van der Waals surface area contributed by atoms with Gasteiger partial charge in [-0.3, -0.25) is 9.78 Å². The van der Waals surface area contributed by atoms with Gasteiger partial charge in [0.1, 0.15) is 0 Å². The van der Waals surface area contributed by atoms with Gasteiger partial charge in [-0.05, 0) is 36.1 Å². The van der Waals surface area contributed by atoms with Crippen molar-refractivity contribution in [1.82, 2.24) is 20.0 Å². The zero-order chi connectivity index (χ0) is 17.2. The molecule has 1 aliphatic rings. The van der Waals surface area contributed by atoms with Gasteiger partial charge in [-0.15, -0.1) is 0 Å². The predicted molar refractivity (Wildman–Crippen MR) is 91.5 cm³/mol. The minimum Gasteiger partial charge on any atom is -0.337 e. The molecule has 3 aromatic rings. The van der Waals surface area contributed by atoms with Gasteiger partial charge in [0, 0.05) is 25.0 Å². The van der Waals surface area contributed by atoms with E-state index in [-0.39, 0.29) is 11.8 Å². The zero-order valence-electron chi connectivity index (χ0n) is 13.9. The highest BCUT2D eigenvalue weighted by Gasteiger charge is 2.30. The van der Waals surface area contributed by atoms with Crippen molar-refractivity contribution in [3.05, 3.63) is 65.8 Å². The number of aromatic nitrogens is 3. The van der Waals surface area contributed by atoms with Gasteiger partial charge in [0.25, 0.3) is 0 Å². The van der Waals surface area contributed by atoms with Crippen LogP contribution in [-0.2, 0) is 17.8 Å². The van der Waals surface area contributed by atoms with Gasteiger partial charge in [-0.25, -0.2) is 0 Å². The van der Waals surface area contributed by atoms with Crippen LogP contribution >= 0.6 is 0 Å². The highest BCUT2D eigenvalue weighted by atomic mass is 16.5. The smallest absolute Gasteiger partial charge is 0.246 e. The topological polar surface area (TPSA) is 72.1 Å². The molecular weight excluding hydrogens is 316 g/mol. The number of carbonyl (C=O) groups excluding carboxylic acids is 1. The molecule has 0 radical (unpaired) electrons. The number of fused-ring (bicyclic) bond motifs is 1.